The van der Waals surface area contributed by atoms with Crippen LogP contribution in [0.2, 0.25) is 0 Å². The molecule has 0 bridgehead atoms. The molecule has 0 fully saturated rings. The minimum atomic E-state index is -1.31. The van der Waals surface area contributed by atoms with Gasteiger partial charge < -0.3 is 26.8 Å². The van der Waals surface area contributed by atoms with E-state index in [-0.39, 0.29) is 23.8 Å². The predicted molar refractivity (Wildman–Crippen MR) is 179 cm³/mol. The quantitative estimate of drug-likeness (QED) is 0.139. The summed E-state index contributed by atoms with van der Waals surface area (Å²) in [6, 6.07) is 24.9. The molecular weight excluding hydrogens is 602 g/mol. The Morgan fingerprint density at radius 1 is 0.848 bits per heavy atom. The molecule has 1 aromatic heterocycles. The van der Waals surface area contributed by atoms with Gasteiger partial charge in [0.2, 0.25) is 11.8 Å². The monoisotopic (exact) mass is 641 g/mol. The summed E-state index contributed by atoms with van der Waals surface area (Å²) in [6.45, 7) is 5.69. The summed E-state index contributed by atoms with van der Waals surface area (Å²) in [5.74, 6) is -2.19. The van der Waals surface area contributed by atoms with Gasteiger partial charge in [0, 0.05) is 21.6 Å². The molecule has 10 nitrogen and oxygen atoms in total. The highest BCUT2D eigenvalue weighted by molar-refractivity contribution is 7.99. The van der Waals surface area contributed by atoms with Crippen LogP contribution in [-0.4, -0.2) is 63.2 Å². The number of nitrogens with two attached hydrogens (primary N) is 1. The zero-order valence-corrected chi connectivity index (χ0v) is 26.8. The van der Waals surface area contributed by atoms with E-state index >= 15 is 0 Å². The Morgan fingerprint density at radius 2 is 1.52 bits per heavy atom. The maximum Gasteiger partial charge on any atom is 0.270 e. The van der Waals surface area contributed by atoms with Crippen LogP contribution in [0.3, 0.4) is 0 Å². The lowest BCUT2D eigenvalue weighted by atomic mass is 10.0. The molecule has 4 amide bonds. The van der Waals surface area contributed by atoms with Gasteiger partial charge in [-0.3, -0.25) is 19.2 Å². The van der Waals surface area contributed by atoms with E-state index in [0.29, 0.717) is 16.0 Å². The Balaban J connectivity index is 1.51. The van der Waals surface area contributed by atoms with E-state index in [2.05, 4.69) is 20.9 Å². The van der Waals surface area contributed by atoms with Crippen LogP contribution in [-0.2, 0) is 16.0 Å². The minimum Gasteiger partial charge on any atom is -0.390 e. The molecule has 0 spiro atoms. The molecule has 0 aliphatic heterocycles. The molecule has 0 saturated carbocycles. The van der Waals surface area contributed by atoms with Crippen LogP contribution < -0.4 is 21.7 Å². The molecule has 0 aliphatic rings. The van der Waals surface area contributed by atoms with Crippen molar-refractivity contribution < 1.29 is 24.3 Å². The lowest BCUT2D eigenvalue weighted by Crippen LogP contribution is -2.54. The van der Waals surface area contributed by atoms with E-state index in [1.54, 1.807) is 36.4 Å². The van der Waals surface area contributed by atoms with Crippen molar-refractivity contribution in [1.29, 1.82) is 0 Å². The first kappa shape index (κ1) is 34.1. The van der Waals surface area contributed by atoms with Gasteiger partial charge in [-0.15, -0.1) is 11.8 Å². The van der Waals surface area contributed by atoms with Crippen LogP contribution in [0.4, 0.5) is 0 Å². The number of rotatable bonds is 13. The number of hydrogen-bond acceptors (Lipinski definition) is 7. The number of fused-ring (bicyclic) bond motifs is 1. The number of nitrogens with one attached hydrogen (secondary N) is 3. The van der Waals surface area contributed by atoms with Crippen LogP contribution in [0.25, 0.3) is 10.9 Å². The molecule has 240 valence electrons. The summed E-state index contributed by atoms with van der Waals surface area (Å²) < 4.78 is 0. The zero-order valence-electron chi connectivity index (χ0n) is 26.0. The van der Waals surface area contributed by atoms with E-state index in [4.69, 9.17) is 5.73 Å². The predicted octanol–water partition coefficient (Wildman–Crippen LogP) is 3.62. The van der Waals surface area contributed by atoms with Gasteiger partial charge in [-0.1, -0.05) is 66.7 Å². The van der Waals surface area contributed by atoms with E-state index in [1.165, 1.54) is 17.8 Å². The number of thioether (sulfide) groups is 1. The van der Waals surface area contributed by atoms with Crippen LogP contribution in [0, 0.1) is 0 Å². The molecule has 3 aromatic carbocycles. The van der Waals surface area contributed by atoms with Crippen molar-refractivity contribution >= 4 is 46.3 Å². The first-order chi connectivity index (χ1) is 21.9. The maximum absolute atomic E-state index is 13.6. The van der Waals surface area contributed by atoms with Gasteiger partial charge in [0.25, 0.3) is 11.8 Å². The lowest BCUT2D eigenvalue weighted by Gasteiger charge is -2.27. The van der Waals surface area contributed by atoms with Crippen molar-refractivity contribution in [2.24, 2.45) is 5.73 Å². The van der Waals surface area contributed by atoms with E-state index in [1.807, 2.05) is 69.3 Å². The number of aromatic nitrogens is 1. The van der Waals surface area contributed by atoms with Crippen molar-refractivity contribution in [3.8, 4) is 0 Å². The fraction of sp³-hybridized carbons (Fsp3) is 0.286. The Kier molecular flexibility index (Phi) is 11.5. The van der Waals surface area contributed by atoms with Gasteiger partial charge in [-0.25, -0.2) is 4.98 Å². The second-order valence-corrected chi connectivity index (χ2v) is 13.0. The van der Waals surface area contributed by atoms with Crippen LogP contribution >= 0.6 is 11.8 Å². The summed E-state index contributed by atoms with van der Waals surface area (Å²) in [6.07, 6.45) is -1.26. The summed E-state index contributed by atoms with van der Waals surface area (Å²) in [5, 5.41) is 20.6. The van der Waals surface area contributed by atoms with Gasteiger partial charge in [0.05, 0.1) is 29.6 Å². The number of aliphatic hydroxyl groups excluding tert-OH is 1. The third-order valence-corrected chi connectivity index (χ3v) is 8.15. The molecule has 1 unspecified atom stereocenters. The van der Waals surface area contributed by atoms with E-state index in [0.717, 1.165) is 10.9 Å². The molecule has 0 saturated heterocycles. The highest BCUT2D eigenvalue weighted by Gasteiger charge is 2.29. The van der Waals surface area contributed by atoms with Gasteiger partial charge in [0.1, 0.15) is 11.7 Å². The van der Waals surface area contributed by atoms with Crippen LogP contribution in [0.15, 0.2) is 95.9 Å². The second kappa shape index (κ2) is 15.5. The zero-order chi connectivity index (χ0) is 33.3. The number of benzene rings is 3. The molecule has 11 heteroatoms. The molecule has 4 aromatic rings. The number of primary amides is 1. The molecule has 6 N–H and O–H groups in total. The number of aliphatic hydroxyl groups is 1. The van der Waals surface area contributed by atoms with Crippen molar-refractivity contribution in [3.63, 3.8) is 0 Å². The first-order valence-electron chi connectivity index (χ1n) is 14.9. The molecule has 46 heavy (non-hydrogen) atoms. The Hall–Kier alpha value is -4.74. The fourth-order valence-corrected chi connectivity index (χ4v) is 5.82. The minimum absolute atomic E-state index is 0.0763. The van der Waals surface area contributed by atoms with Crippen LogP contribution in [0.5, 0.6) is 0 Å². The number of pyridine rings is 1. The Morgan fingerprint density at radius 3 is 2.24 bits per heavy atom. The number of para-hydroxylation sites is 1. The highest BCUT2D eigenvalue weighted by Crippen LogP contribution is 2.25. The first-order valence-corrected chi connectivity index (χ1v) is 15.9. The van der Waals surface area contributed by atoms with Gasteiger partial charge in [0.15, 0.2) is 0 Å². The highest BCUT2D eigenvalue weighted by atomic mass is 32.2. The van der Waals surface area contributed by atoms with Gasteiger partial charge >= 0.3 is 0 Å². The van der Waals surface area contributed by atoms with Crippen LogP contribution in [0.1, 0.15) is 53.6 Å². The molecule has 1 heterocycles. The third kappa shape index (κ3) is 9.88. The van der Waals surface area contributed by atoms with Crippen molar-refractivity contribution in [1.82, 2.24) is 20.9 Å². The fourth-order valence-electron chi connectivity index (χ4n) is 4.75. The van der Waals surface area contributed by atoms with Crippen molar-refractivity contribution in [2.45, 2.75) is 62.2 Å². The average molecular weight is 642 g/mol. The smallest absolute Gasteiger partial charge is 0.270 e. The Labute approximate surface area is 272 Å². The van der Waals surface area contributed by atoms with E-state index in [9.17, 15) is 24.3 Å². The number of hydrogen-bond donors (Lipinski definition) is 5. The van der Waals surface area contributed by atoms with E-state index < -0.39 is 47.9 Å². The molecule has 0 aliphatic carbocycles. The molecule has 0 radical (unpaired) electrons. The van der Waals surface area contributed by atoms with Crippen molar-refractivity contribution in [2.75, 3.05) is 5.75 Å². The lowest BCUT2D eigenvalue weighted by molar-refractivity contribution is -0.128. The molecular formula is C35H39N5O5S. The third-order valence-electron chi connectivity index (χ3n) is 6.98. The Bertz CT molecular complexity index is 1690. The average Bonchev–Trinajstić information content (AvgIpc) is 3.02. The number of amides is 4. The second-order valence-electron chi connectivity index (χ2n) is 12.0. The normalized spacial score (nSPS) is 13.3. The maximum atomic E-state index is 13.6. The standard InChI is InChI=1S/C35H39N5O5S/c1-35(2,3)40-32(43)24-14-8-10-16-30(24)46-21-29(41)27(19-22-11-5-4-6-12-22)38-34(45)28(20-31(36)42)39-33(44)26-18-17-23-13-7-9-15-25(23)37-26/h4-18,27-29,41H,19-21H2,1-3H3,(H2,36,42)(H,38,45)(H,39,44)(H,40,43)/t27-,28?,29+/m0/s1. The summed E-state index contributed by atoms with van der Waals surface area (Å²) in [4.78, 5) is 56.7. The SMILES string of the molecule is CC(C)(C)NC(=O)c1ccccc1SC[C@@H](O)[C@H](Cc1ccccc1)NC(=O)C(CC(N)=O)NC(=O)c1ccc2ccccc2n1. The summed E-state index contributed by atoms with van der Waals surface area (Å²) in [5.41, 5.74) is 7.04. The largest absolute Gasteiger partial charge is 0.390 e. The van der Waals surface area contributed by atoms with Gasteiger partial charge in [-0.2, -0.15) is 0 Å². The number of nitrogens with zero attached hydrogens (tertiary/aromatic N) is 1. The molecule has 3 atom stereocenters. The number of carbonyl (C=O) groups excluding carboxylic acids is 4. The topological polar surface area (TPSA) is 164 Å². The summed E-state index contributed by atoms with van der Waals surface area (Å²) >= 11 is 1.29. The number of carbonyl (C=O) groups is 4. The van der Waals surface area contributed by atoms with Gasteiger partial charge in [-0.05, 0) is 57.0 Å². The molecule has 4 rings (SSSR count). The van der Waals surface area contributed by atoms with Crippen molar-refractivity contribution in [3.05, 3.63) is 108 Å². The summed E-state index contributed by atoms with van der Waals surface area (Å²) in [7, 11) is 0.